The number of hydrogen-bond acceptors (Lipinski definition) is 3. The second kappa shape index (κ2) is 15.0. The first-order valence-corrected chi connectivity index (χ1v) is 21.4. The average molecular weight is 753 g/mol. The van der Waals surface area contributed by atoms with Gasteiger partial charge in [0.05, 0.1) is 5.71 Å². The van der Waals surface area contributed by atoms with Gasteiger partial charge >= 0.3 is 0 Å². The summed E-state index contributed by atoms with van der Waals surface area (Å²) in [5.41, 5.74) is 15.2. The molecule has 284 valence electrons. The van der Waals surface area contributed by atoms with Crippen LogP contribution < -0.4 is 5.32 Å². The first-order chi connectivity index (χ1) is 28.8. The third kappa shape index (κ3) is 6.25. The van der Waals surface area contributed by atoms with Crippen LogP contribution in [-0.2, 0) is 0 Å². The van der Waals surface area contributed by atoms with E-state index < -0.39 is 0 Å². The van der Waals surface area contributed by atoms with Gasteiger partial charge in [0, 0.05) is 46.4 Å². The van der Waals surface area contributed by atoms with Gasteiger partial charge in [-0.15, -0.1) is 0 Å². The molecule has 0 saturated carbocycles. The Labute approximate surface area is 342 Å². The first-order valence-electron chi connectivity index (χ1n) is 21.4. The van der Waals surface area contributed by atoms with Gasteiger partial charge in [-0.2, -0.15) is 0 Å². The lowest BCUT2D eigenvalue weighted by molar-refractivity contribution is 0.407. The number of rotatable bonds is 7. The van der Waals surface area contributed by atoms with Gasteiger partial charge in [0.25, 0.3) is 0 Å². The van der Waals surface area contributed by atoms with Gasteiger partial charge in [0.15, 0.2) is 0 Å². The topological polar surface area (TPSA) is 37.5 Å². The van der Waals surface area contributed by atoms with Crippen molar-refractivity contribution in [1.82, 2.24) is 5.32 Å². The van der Waals surface area contributed by atoms with E-state index in [0.29, 0.717) is 5.92 Å². The number of fused-ring (bicyclic) bond motifs is 5. The Hall–Kier alpha value is -6.19. The van der Waals surface area contributed by atoms with Crippen molar-refractivity contribution in [2.45, 2.75) is 62.4 Å². The van der Waals surface area contributed by atoms with Crippen LogP contribution in [0.5, 0.6) is 0 Å². The number of aliphatic imine (C=N–C) groups is 1. The van der Waals surface area contributed by atoms with E-state index in [1.165, 1.54) is 80.6 Å². The molecule has 1 N–H and O–H groups in total. The lowest BCUT2D eigenvalue weighted by Gasteiger charge is -2.32. The van der Waals surface area contributed by atoms with E-state index in [-0.39, 0.29) is 29.8 Å². The highest BCUT2D eigenvalue weighted by atomic mass is 16.3. The van der Waals surface area contributed by atoms with Gasteiger partial charge < -0.3 is 9.73 Å². The van der Waals surface area contributed by atoms with Crippen LogP contribution in [0.25, 0.3) is 23.3 Å². The number of furan rings is 1. The van der Waals surface area contributed by atoms with Gasteiger partial charge in [-0.1, -0.05) is 164 Å². The molecule has 7 aliphatic rings. The predicted octanol–water partition coefficient (Wildman–Crippen LogP) is 13.2. The van der Waals surface area contributed by atoms with Crippen molar-refractivity contribution in [2.75, 3.05) is 0 Å². The summed E-state index contributed by atoms with van der Waals surface area (Å²) < 4.78 is 7.09. The summed E-state index contributed by atoms with van der Waals surface area (Å²) in [5, 5.41) is 3.83. The van der Waals surface area contributed by atoms with Crippen molar-refractivity contribution in [3.8, 4) is 11.1 Å². The molecule has 11 rings (SSSR count). The minimum atomic E-state index is 0.0522. The molecule has 6 atom stereocenters. The highest BCUT2D eigenvalue weighted by Crippen LogP contribution is 2.53. The molecule has 1 aliphatic heterocycles. The maximum Gasteiger partial charge on any atom is 0.125 e. The van der Waals surface area contributed by atoms with Crippen LogP contribution in [0.1, 0.15) is 95.6 Å². The number of nitrogens with one attached hydrogen (secondary N) is 1. The molecule has 1 aromatic heterocycles. The second-order valence-corrected chi connectivity index (χ2v) is 16.7. The summed E-state index contributed by atoms with van der Waals surface area (Å²) in [6.07, 6.45) is 43.7. The number of allylic oxidation sites excluding steroid dienone is 16. The van der Waals surface area contributed by atoms with E-state index in [9.17, 15) is 0 Å². The maximum absolute atomic E-state index is 7.09. The molecule has 0 saturated heterocycles. The van der Waals surface area contributed by atoms with Gasteiger partial charge in [-0.05, 0) is 95.2 Å². The van der Waals surface area contributed by atoms with E-state index in [4.69, 9.17) is 9.41 Å². The Morgan fingerprint density at radius 1 is 0.655 bits per heavy atom. The van der Waals surface area contributed by atoms with E-state index >= 15 is 0 Å². The van der Waals surface area contributed by atoms with Gasteiger partial charge in [0.1, 0.15) is 17.7 Å². The molecule has 0 bridgehead atoms. The lowest BCUT2D eigenvalue weighted by Crippen LogP contribution is -2.38. The van der Waals surface area contributed by atoms with Crippen LogP contribution >= 0.6 is 0 Å². The third-order valence-electron chi connectivity index (χ3n) is 13.3. The summed E-state index contributed by atoms with van der Waals surface area (Å²) in [6, 6.07) is 28.9. The van der Waals surface area contributed by atoms with Gasteiger partial charge in [-0.3, -0.25) is 4.99 Å². The number of nitrogens with zero attached hydrogens (tertiary/aromatic N) is 1. The fourth-order valence-electron chi connectivity index (χ4n) is 10.3. The van der Waals surface area contributed by atoms with E-state index in [0.717, 1.165) is 36.5 Å². The molecule has 6 unspecified atom stereocenters. The summed E-state index contributed by atoms with van der Waals surface area (Å²) >= 11 is 0. The standard InChI is InChI=1S/C55H48N2O/c1-4-16-36(17-5-1)41-22-10-11-23-43(41)47-28-15-29-48-50-34-49(45-24-12-13-25-46(45)54(50)58-53(47)48)44-27-14-26-42(44)37-30-32-39(33-31-37)52-35-51(38-18-6-2-7-19-38)56-55(57-52)40-20-8-3-9-21-40/h1-2,4-6,8,10-18,20,22-27,29-35,40,42,45-47,55-56H,3,7,9,19,21,28H2. The number of hydrogen-bond donors (Lipinski definition) is 1. The molecule has 6 aliphatic carbocycles. The Morgan fingerprint density at radius 2 is 1.52 bits per heavy atom. The van der Waals surface area contributed by atoms with Gasteiger partial charge in [0.2, 0.25) is 0 Å². The van der Waals surface area contributed by atoms with Crippen LogP contribution in [0.15, 0.2) is 196 Å². The van der Waals surface area contributed by atoms with Crippen LogP contribution in [-0.4, -0.2) is 11.9 Å². The van der Waals surface area contributed by atoms with E-state index in [1.54, 1.807) is 0 Å². The van der Waals surface area contributed by atoms with Crippen LogP contribution in [0, 0.1) is 11.8 Å². The van der Waals surface area contributed by atoms with Crippen molar-refractivity contribution in [3.05, 3.63) is 226 Å². The largest absolute Gasteiger partial charge is 0.463 e. The zero-order valence-corrected chi connectivity index (χ0v) is 32.8. The maximum atomic E-state index is 7.09. The number of benzene rings is 3. The lowest BCUT2D eigenvalue weighted by atomic mass is 9.70. The van der Waals surface area contributed by atoms with Crippen molar-refractivity contribution in [2.24, 2.45) is 16.8 Å². The van der Waals surface area contributed by atoms with E-state index in [1.807, 2.05) is 0 Å². The molecule has 2 heterocycles. The molecular formula is C55H48N2O. The molecule has 58 heavy (non-hydrogen) atoms. The summed E-state index contributed by atoms with van der Waals surface area (Å²) in [5.74, 6) is 3.28. The monoisotopic (exact) mass is 752 g/mol. The Morgan fingerprint density at radius 3 is 2.36 bits per heavy atom. The van der Waals surface area contributed by atoms with Crippen LogP contribution in [0.4, 0.5) is 0 Å². The van der Waals surface area contributed by atoms with Crippen molar-refractivity contribution in [1.29, 1.82) is 0 Å². The Balaban J connectivity index is 0.927. The first kappa shape index (κ1) is 35.0. The molecule has 3 heteroatoms. The zero-order chi connectivity index (χ0) is 38.4. The van der Waals surface area contributed by atoms with Crippen molar-refractivity contribution in [3.63, 3.8) is 0 Å². The molecule has 3 aromatic carbocycles. The SMILES string of the molecule is C1=CCCC(C2=CC(c3ccc(C4C=CC=C4C4=Cc5c(oc6c5C=CCC6c5ccccc5-c5ccccc5)C5C=CC=CC45)cc3)=NC(C3C=CCCC3)N2)=C1. The highest BCUT2D eigenvalue weighted by molar-refractivity contribution is 6.10. The average Bonchev–Trinajstić information content (AvgIpc) is 3.95. The molecule has 4 aromatic rings. The van der Waals surface area contributed by atoms with Crippen molar-refractivity contribution >= 4 is 17.9 Å². The third-order valence-corrected chi connectivity index (χ3v) is 13.3. The Bertz CT molecular complexity index is 2610. The fourth-order valence-corrected chi connectivity index (χ4v) is 10.3. The second-order valence-electron chi connectivity index (χ2n) is 16.7. The minimum Gasteiger partial charge on any atom is -0.463 e. The molecule has 0 radical (unpaired) electrons. The highest BCUT2D eigenvalue weighted by Gasteiger charge is 2.40. The molecule has 0 fully saturated rings. The normalized spacial score (nSPS) is 26.4. The van der Waals surface area contributed by atoms with Crippen molar-refractivity contribution < 1.29 is 4.42 Å². The predicted molar refractivity (Wildman–Crippen MR) is 239 cm³/mol. The Kier molecular flexibility index (Phi) is 9.03. The molecular weight excluding hydrogens is 705 g/mol. The van der Waals surface area contributed by atoms with Crippen LogP contribution in [0.2, 0.25) is 0 Å². The summed E-state index contributed by atoms with van der Waals surface area (Å²) in [6.45, 7) is 0. The fraction of sp³-hybridized carbons (Fsp3) is 0.218. The van der Waals surface area contributed by atoms with E-state index in [2.05, 4.69) is 181 Å². The smallest absolute Gasteiger partial charge is 0.125 e. The van der Waals surface area contributed by atoms with Crippen LogP contribution in [0.3, 0.4) is 0 Å². The molecule has 3 nitrogen and oxygen atoms in total. The van der Waals surface area contributed by atoms with Gasteiger partial charge in [-0.25, -0.2) is 0 Å². The summed E-state index contributed by atoms with van der Waals surface area (Å²) in [7, 11) is 0. The summed E-state index contributed by atoms with van der Waals surface area (Å²) in [4.78, 5) is 5.35. The zero-order valence-electron chi connectivity index (χ0n) is 32.8. The minimum absolute atomic E-state index is 0.0522. The quantitative estimate of drug-likeness (QED) is 0.191. The molecule has 0 spiro atoms. The molecule has 0 amide bonds.